The fourth-order valence-corrected chi connectivity index (χ4v) is 1.89. The van der Waals surface area contributed by atoms with Crippen LogP contribution in [0.4, 0.5) is 0 Å². The van der Waals surface area contributed by atoms with Crippen molar-refractivity contribution >= 4 is 5.97 Å². The van der Waals surface area contributed by atoms with Crippen molar-refractivity contribution < 1.29 is 9.90 Å². The van der Waals surface area contributed by atoms with Gasteiger partial charge in [0, 0.05) is 0 Å². The van der Waals surface area contributed by atoms with Crippen molar-refractivity contribution in [3.63, 3.8) is 0 Å². The zero-order valence-corrected chi connectivity index (χ0v) is 10.2. The Morgan fingerprint density at radius 1 is 1.25 bits per heavy atom. The minimum atomic E-state index is -0.713. The monoisotopic (exact) mass is 220 g/mol. The van der Waals surface area contributed by atoms with E-state index in [4.69, 9.17) is 0 Å². The van der Waals surface area contributed by atoms with Crippen LogP contribution in [0.25, 0.3) is 0 Å². The van der Waals surface area contributed by atoms with Crippen LogP contribution in [0.3, 0.4) is 0 Å². The maximum absolute atomic E-state index is 11.3. The predicted molar refractivity (Wildman–Crippen MR) is 65.6 cm³/mol. The SMILES string of the molecule is Cc1ccccc1[C@H](CCC(C)C)C(=O)O. The Morgan fingerprint density at radius 2 is 1.88 bits per heavy atom. The molecule has 0 aromatic heterocycles. The molecule has 0 heterocycles. The van der Waals surface area contributed by atoms with Crippen LogP contribution < -0.4 is 0 Å². The van der Waals surface area contributed by atoms with Crippen LogP contribution in [0.5, 0.6) is 0 Å². The Kier molecular flexibility index (Phi) is 4.53. The molecule has 0 bridgehead atoms. The predicted octanol–water partition coefficient (Wildman–Crippen LogP) is 3.60. The molecule has 88 valence electrons. The average molecular weight is 220 g/mol. The molecule has 16 heavy (non-hydrogen) atoms. The van der Waals surface area contributed by atoms with Gasteiger partial charge in [-0.05, 0) is 36.8 Å². The molecule has 0 spiro atoms. The molecule has 0 aliphatic carbocycles. The minimum absolute atomic E-state index is 0.358. The average Bonchev–Trinajstić information content (AvgIpc) is 2.20. The van der Waals surface area contributed by atoms with Gasteiger partial charge < -0.3 is 5.11 Å². The third-order valence-corrected chi connectivity index (χ3v) is 2.89. The smallest absolute Gasteiger partial charge is 0.310 e. The van der Waals surface area contributed by atoms with Crippen LogP contribution in [-0.2, 0) is 4.79 Å². The lowest BCUT2D eigenvalue weighted by Crippen LogP contribution is -2.13. The molecule has 1 atom stereocenters. The van der Waals surface area contributed by atoms with Gasteiger partial charge in [-0.25, -0.2) is 0 Å². The lowest BCUT2D eigenvalue weighted by atomic mass is 9.89. The van der Waals surface area contributed by atoms with Gasteiger partial charge in [-0.1, -0.05) is 38.1 Å². The van der Waals surface area contributed by atoms with E-state index in [1.165, 1.54) is 0 Å². The van der Waals surface area contributed by atoms with E-state index >= 15 is 0 Å². The normalized spacial score (nSPS) is 12.8. The summed E-state index contributed by atoms with van der Waals surface area (Å²) < 4.78 is 0. The quantitative estimate of drug-likeness (QED) is 0.823. The Balaban J connectivity index is 2.86. The van der Waals surface area contributed by atoms with E-state index in [9.17, 15) is 9.90 Å². The van der Waals surface area contributed by atoms with Crippen molar-refractivity contribution in [1.82, 2.24) is 0 Å². The van der Waals surface area contributed by atoms with Gasteiger partial charge in [-0.15, -0.1) is 0 Å². The van der Waals surface area contributed by atoms with E-state index in [2.05, 4.69) is 13.8 Å². The van der Waals surface area contributed by atoms with Crippen LogP contribution >= 0.6 is 0 Å². The van der Waals surface area contributed by atoms with Crippen molar-refractivity contribution in [2.45, 2.75) is 39.5 Å². The molecule has 0 aliphatic rings. The topological polar surface area (TPSA) is 37.3 Å². The summed E-state index contributed by atoms with van der Waals surface area (Å²) in [5, 5.41) is 9.26. The second-order valence-electron chi connectivity index (χ2n) is 4.72. The van der Waals surface area contributed by atoms with E-state index in [1.54, 1.807) is 0 Å². The van der Waals surface area contributed by atoms with E-state index in [-0.39, 0.29) is 5.92 Å². The molecule has 1 aromatic rings. The van der Waals surface area contributed by atoms with Crippen molar-refractivity contribution in [3.8, 4) is 0 Å². The number of carbonyl (C=O) groups is 1. The highest BCUT2D eigenvalue weighted by atomic mass is 16.4. The van der Waals surface area contributed by atoms with Gasteiger partial charge in [-0.3, -0.25) is 4.79 Å². The van der Waals surface area contributed by atoms with Crippen LogP contribution in [-0.4, -0.2) is 11.1 Å². The van der Waals surface area contributed by atoms with E-state index in [1.807, 2.05) is 31.2 Å². The lowest BCUT2D eigenvalue weighted by molar-refractivity contribution is -0.139. The van der Waals surface area contributed by atoms with Gasteiger partial charge in [0.05, 0.1) is 5.92 Å². The molecule has 0 radical (unpaired) electrons. The molecule has 0 fully saturated rings. The fraction of sp³-hybridized carbons (Fsp3) is 0.500. The highest BCUT2D eigenvalue weighted by Crippen LogP contribution is 2.26. The molecule has 0 saturated carbocycles. The molecule has 1 N–H and O–H groups in total. The van der Waals surface area contributed by atoms with E-state index in [0.717, 1.165) is 24.0 Å². The Morgan fingerprint density at radius 3 is 2.38 bits per heavy atom. The summed E-state index contributed by atoms with van der Waals surface area (Å²) in [5.41, 5.74) is 2.02. The minimum Gasteiger partial charge on any atom is -0.481 e. The summed E-state index contributed by atoms with van der Waals surface area (Å²) in [6.07, 6.45) is 1.67. The van der Waals surface area contributed by atoms with Crippen LogP contribution in [0.2, 0.25) is 0 Å². The standard InChI is InChI=1S/C14H20O2/c1-10(2)8-9-13(14(15)16)12-7-5-4-6-11(12)3/h4-7,10,13H,8-9H2,1-3H3,(H,15,16)/t13-/m0/s1. The van der Waals surface area contributed by atoms with Gasteiger partial charge in [-0.2, -0.15) is 0 Å². The first-order valence-electron chi connectivity index (χ1n) is 5.80. The number of carboxylic acids is 1. The number of carboxylic acid groups (broad SMARTS) is 1. The van der Waals surface area contributed by atoms with E-state index in [0.29, 0.717) is 5.92 Å². The van der Waals surface area contributed by atoms with Crippen LogP contribution in [0, 0.1) is 12.8 Å². The summed E-state index contributed by atoms with van der Waals surface area (Å²) in [4.78, 5) is 11.3. The lowest BCUT2D eigenvalue weighted by Gasteiger charge is -2.16. The Hall–Kier alpha value is -1.31. The molecule has 1 aromatic carbocycles. The highest BCUT2D eigenvalue weighted by molar-refractivity contribution is 5.76. The number of aliphatic carboxylic acids is 1. The number of hydrogen-bond acceptors (Lipinski definition) is 1. The van der Waals surface area contributed by atoms with Gasteiger partial charge >= 0.3 is 5.97 Å². The Bertz CT molecular complexity index is 356. The van der Waals surface area contributed by atoms with Crippen LogP contribution in [0.15, 0.2) is 24.3 Å². The summed E-state index contributed by atoms with van der Waals surface area (Å²) in [7, 11) is 0. The third-order valence-electron chi connectivity index (χ3n) is 2.89. The molecule has 2 nitrogen and oxygen atoms in total. The van der Waals surface area contributed by atoms with Crippen molar-refractivity contribution in [1.29, 1.82) is 0 Å². The molecular formula is C14H20O2. The number of benzene rings is 1. The third kappa shape index (κ3) is 3.37. The number of hydrogen-bond donors (Lipinski definition) is 1. The summed E-state index contributed by atoms with van der Waals surface area (Å²) >= 11 is 0. The fourth-order valence-electron chi connectivity index (χ4n) is 1.89. The largest absolute Gasteiger partial charge is 0.481 e. The second kappa shape index (κ2) is 5.69. The van der Waals surface area contributed by atoms with Gasteiger partial charge in [0.1, 0.15) is 0 Å². The summed E-state index contributed by atoms with van der Waals surface area (Å²) in [6, 6.07) is 7.75. The van der Waals surface area contributed by atoms with Crippen molar-refractivity contribution in [2.75, 3.05) is 0 Å². The first-order chi connectivity index (χ1) is 7.52. The Labute approximate surface area is 97.3 Å². The molecule has 0 aliphatic heterocycles. The second-order valence-corrected chi connectivity index (χ2v) is 4.72. The van der Waals surface area contributed by atoms with Crippen LogP contribution in [0.1, 0.15) is 43.7 Å². The summed E-state index contributed by atoms with van der Waals surface area (Å²) in [6.45, 7) is 6.22. The van der Waals surface area contributed by atoms with Gasteiger partial charge in [0.25, 0.3) is 0 Å². The first-order valence-corrected chi connectivity index (χ1v) is 5.80. The molecule has 1 rings (SSSR count). The van der Waals surface area contributed by atoms with Gasteiger partial charge in [0.15, 0.2) is 0 Å². The molecule has 0 amide bonds. The molecule has 0 unspecified atom stereocenters. The van der Waals surface area contributed by atoms with Crippen molar-refractivity contribution in [3.05, 3.63) is 35.4 Å². The highest BCUT2D eigenvalue weighted by Gasteiger charge is 2.21. The van der Waals surface area contributed by atoms with Gasteiger partial charge in [0.2, 0.25) is 0 Å². The molecule has 0 saturated heterocycles. The van der Waals surface area contributed by atoms with E-state index < -0.39 is 5.97 Å². The molecule has 2 heteroatoms. The zero-order valence-electron chi connectivity index (χ0n) is 10.2. The maximum atomic E-state index is 11.3. The number of rotatable bonds is 5. The van der Waals surface area contributed by atoms with Crippen molar-refractivity contribution in [2.24, 2.45) is 5.92 Å². The maximum Gasteiger partial charge on any atom is 0.310 e. The molecular weight excluding hydrogens is 200 g/mol. The number of aryl methyl sites for hydroxylation is 1. The first kappa shape index (κ1) is 12.8. The summed E-state index contributed by atoms with van der Waals surface area (Å²) in [5.74, 6) is -0.524. The zero-order chi connectivity index (χ0) is 12.1.